The molecule has 0 aromatic carbocycles. The van der Waals surface area contributed by atoms with Crippen LogP contribution in [0, 0.1) is 0 Å². The Bertz CT molecular complexity index is 384. The van der Waals surface area contributed by atoms with E-state index in [1.54, 1.807) is 20.8 Å². The summed E-state index contributed by atoms with van der Waals surface area (Å²) >= 11 is 0. The second-order valence-corrected chi connectivity index (χ2v) is 5.47. The average Bonchev–Trinajstić information content (AvgIpc) is 2.52. The molecule has 18 heavy (non-hydrogen) atoms. The number of imide groups is 1. The van der Waals surface area contributed by atoms with Crippen LogP contribution in [-0.2, 0) is 19.1 Å². The Morgan fingerprint density at radius 3 is 2.33 bits per heavy atom. The van der Waals surface area contributed by atoms with E-state index >= 15 is 0 Å². The summed E-state index contributed by atoms with van der Waals surface area (Å²) in [4.78, 5) is 36.3. The van der Waals surface area contributed by atoms with Crippen molar-refractivity contribution >= 4 is 18.0 Å². The summed E-state index contributed by atoms with van der Waals surface area (Å²) in [6, 6.07) is 0. The highest BCUT2D eigenvalue weighted by Gasteiger charge is 2.52. The molecule has 1 aliphatic heterocycles. The third-order valence-electron chi connectivity index (χ3n) is 2.77. The van der Waals surface area contributed by atoms with E-state index in [-0.39, 0.29) is 12.8 Å². The number of ether oxygens (including phenoxy) is 2. The topological polar surface area (TPSA) is 72.9 Å². The van der Waals surface area contributed by atoms with Crippen molar-refractivity contribution in [2.45, 2.75) is 51.7 Å². The highest BCUT2D eigenvalue weighted by Crippen LogP contribution is 2.32. The highest BCUT2D eigenvalue weighted by molar-refractivity contribution is 6.01. The highest BCUT2D eigenvalue weighted by atomic mass is 16.6. The molecule has 2 amide bonds. The zero-order chi connectivity index (χ0) is 14.1. The van der Waals surface area contributed by atoms with Crippen LogP contribution in [0.2, 0.25) is 0 Å². The van der Waals surface area contributed by atoms with Crippen LogP contribution >= 0.6 is 0 Å². The summed E-state index contributed by atoms with van der Waals surface area (Å²) in [5, 5.41) is 0. The van der Waals surface area contributed by atoms with Crippen molar-refractivity contribution in [3.63, 3.8) is 0 Å². The van der Waals surface area contributed by atoms with Crippen molar-refractivity contribution in [2.24, 2.45) is 0 Å². The van der Waals surface area contributed by atoms with Gasteiger partial charge in [-0.15, -0.1) is 0 Å². The number of amides is 2. The molecule has 102 valence electrons. The largest absolute Gasteiger partial charge is 0.467 e. The van der Waals surface area contributed by atoms with Gasteiger partial charge in [-0.2, -0.15) is 0 Å². The standard InChI is InChI=1S/C12H19NO5/c1-11(2,3)18-10(16)13-8(14)6-7-12(13,4)9(15)17-5/h6-7H2,1-5H3/t12-/m1/s1. The van der Waals surface area contributed by atoms with Gasteiger partial charge in [-0.05, 0) is 34.1 Å². The SMILES string of the molecule is COC(=O)[C@@]1(C)CCC(=O)N1C(=O)OC(C)(C)C. The molecule has 0 aromatic rings. The minimum Gasteiger partial charge on any atom is -0.467 e. The molecule has 0 aromatic heterocycles. The third kappa shape index (κ3) is 2.63. The Morgan fingerprint density at radius 2 is 1.89 bits per heavy atom. The van der Waals surface area contributed by atoms with Crippen molar-refractivity contribution in [3.8, 4) is 0 Å². The zero-order valence-corrected chi connectivity index (χ0v) is 11.4. The summed E-state index contributed by atoms with van der Waals surface area (Å²) in [5.74, 6) is -1.03. The number of nitrogens with zero attached hydrogens (tertiary/aromatic N) is 1. The fraction of sp³-hybridized carbons (Fsp3) is 0.750. The number of carbonyl (C=O) groups excluding carboxylic acids is 3. The summed E-state index contributed by atoms with van der Waals surface area (Å²) in [6.45, 7) is 6.59. The molecule has 1 atom stereocenters. The fourth-order valence-corrected chi connectivity index (χ4v) is 1.87. The second-order valence-electron chi connectivity index (χ2n) is 5.47. The van der Waals surface area contributed by atoms with E-state index in [2.05, 4.69) is 4.74 Å². The number of rotatable bonds is 1. The van der Waals surface area contributed by atoms with E-state index < -0.39 is 29.1 Å². The first-order chi connectivity index (χ1) is 8.12. The minimum absolute atomic E-state index is 0.130. The van der Waals surface area contributed by atoms with Crippen molar-refractivity contribution in [3.05, 3.63) is 0 Å². The number of esters is 1. The molecule has 6 heteroatoms. The molecule has 1 aliphatic rings. The van der Waals surface area contributed by atoms with Crippen LogP contribution in [0.5, 0.6) is 0 Å². The molecule has 0 radical (unpaired) electrons. The number of hydrogen-bond acceptors (Lipinski definition) is 5. The van der Waals surface area contributed by atoms with Crippen molar-refractivity contribution in [2.75, 3.05) is 7.11 Å². The normalized spacial score (nSPS) is 24.1. The maximum absolute atomic E-state index is 12.0. The summed E-state index contributed by atoms with van der Waals surface area (Å²) < 4.78 is 9.80. The van der Waals surface area contributed by atoms with Gasteiger partial charge in [0.2, 0.25) is 5.91 Å². The summed E-state index contributed by atoms with van der Waals surface area (Å²) in [7, 11) is 1.23. The van der Waals surface area contributed by atoms with E-state index in [1.807, 2.05) is 0 Å². The molecule has 0 spiro atoms. The first-order valence-electron chi connectivity index (χ1n) is 5.76. The molecule has 0 unspecified atom stereocenters. The number of likely N-dealkylation sites (tertiary alicyclic amines) is 1. The Labute approximate surface area is 106 Å². The number of carbonyl (C=O) groups is 3. The molecule has 1 fully saturated rings. The molecule has 0 bridgehead atoms. The van der Waals surface area contributed by atoms with Gasteiger partial charge in [0.25, 0.3) is 0 Å². The monoisotopic (exact) mass is 257 g/mol. The first-order valence-corrected chi connectivity index (χ1v) is 5.76. The number of hydrogen-bond donors (Lipinski definition) is 0. The van der Waals surface area contributed by atoms with Gasteiger partial charge in [-0.3, -0.25) is 4.79 Å². The van der Waals surface area contributed by atoms with Crippen LogP contribution in [0.15, 0.2) is 0 Å². The predicted octanol–water partition coefficient (Wildman–Crippen LogP) is 1.48. The van der Waals surface area contributed by atoms with Gasteiger partial charge in [0, 0.05) is 6.42 Å². The Morgan fingerprint density at radius 1 is 1.33 bits per heavy atom. The lowest BCUT2D eigenvalue weighted by Gasteiger charge is -2.32. The van der Waals surface area contributed by atoms with E-state index in [9.17, 15) is 14.4 Å². The van der Waals surface area contributed by atoms with Crippen LogP contribution < -0.4 is 0 Å². The summed E-state index contributed by atoms with van der Waals surface area (Å²) in [6.07, 6.45) is -0.430. The summed E-state index contributed by atoms with van der Waals surface area (Å²) in [5.41, 5.74) is -1.99. The van der Waals surface area contributed by atoms with Gasteiger partial charge in [0.15, 0.2) is 0 Å². The van der Waals surface area contributed by atoms with Gasteiger partial charge < -0.3 is 9.47 Å². The van der Waals surface area contributed by atoms with E-state index in [4.69, 9.17) is 4.74 Å². The van der Waals surface area contributed by atoms with Gasteiger partial charge in [-0.1, -0.05) is 0 Å². The quantitative estimate of drug-likeness (QED) is 0.665. The molecular formula is C12H19NO5. The van der Waals surface area contributed by atoms with Crippen molar-refractivity contribution in [1.29, 1.82) is 0 Å². The van der Waals surface area contributed by atoms with Crippen LogP contribution in [0.1, 0.15) is 40.5 Å². The van der Waals surface area contributed by atoms with E-state index in [1.165, 1.54) is 14.0 Å². The Kier molecular flexibility index (Phi) is 3.69. The molecular weight excluding hydrogens is 238 g/mol. The fourth-order valence-electron chi connectivity index (χ4n) is 1.87. The third-order valence-corrected chi connectivity index (χ3v) is 2.77. The Balaban J connectivity index is 2.99. The van der Waals surface area contributed by atoms with E-state index in [0.717, 1.165) is 4.90 Å². The molecule has 0 aliphatic carbocycles. The molecule has 6 nitrogen and oxygen atoms in total. The van der Waals surface area contributed by atoms with Crippen LogP contribution in [0.3, 0.4) is 0 Å². The lowest BCUT2D eigenvalue weighted by atomic mass is 10.00. The van der Waals surface area contributed by atoms with Gasteiger partial charge in [0.05, 0.1) is 7.11 Å². The lowest BCUT2D eigenvalue weighted by molar-refractivity contribution is -0.155. The van der Waals surface area contributed by atoms with E-state index in [0.29, 0.717) is 0 Å². The molecule has 1 saturated heterocycles. The Hall–Kier alpha value is -1.59. The van der Waals surface area contributed by atoms with Gasteiger partial charge in [-0.25, -0.2) is 14.5 Å². The van der Waals surface area contributed by atoms with Crippen molar-refractivity contribution < 1.29 is 23.9 Å². The van der Waals surface area contributed by atoms with Crippen molar-refractivity contribution in [1.82, 2.24) is 4.90 Å². The van der Waals surface area contributed by atoms with Gasteiger partial charge in [0.1, 0.15) is 11.1 Å². The average molecular weight is 257 g/mol. The predicted molar refractivity (Wildman–Crippen MR) is 62.7 cm³/mol. The number of methoxy groups -OCH3 is 1. The lowest BCUT2D eigenvalue weighted by Crippen LogP contribution is -2.54. The first kappa shape index (κ1) is 14.5. The maximum Gasteiger partial charge on any atom is 0.418 e. The molecule has 1 heterocycles. The van der Waals surface area contributed by atoms with Crippen LogP contribution in [-0.4, -0.2) is 41.1 Å². The zero-order valence-electron chi connectivity index (χ0n) is 11.4. The van der Waals surface area contributed by atoms with Gasteiger partial charge >= 0.3 is 12.1 Å². The minimum atomic E-state index is -1.27. The molecule has 1 rings (SSSR count). The molecule has 0 saturated carbocycles. The van der Waals surface area contributed by atoms with Crippen LogP contribution in [0.4, 0.5) is 4.79 Å². The second kappa shape index (κ2) is 4.59. The molecule has 0 N–H and O–H groups in total. The smallest absolute Gasteiger partial charge is 0.418 e. The van der Waals surface area contributed by atoms with Crippen LogP contribution in [0.25, 0.3) is 0 Å². The maximum atomic E-state index is 12.0.